The first-order valence-electron chi connectivity index (χ1n) is 4.18. The van der Waals surface area contributed by atoms with Gasteiger partial charge in [-0.05, 0) is 31.6 Å². The average Bonchev–Trinajstić information content (AvgIpc) is 2.05. The largest absolute Gasteiger partial charge is 0.478 e. The third kappa shape index (κ3) is 2.07. The summed E-state index contributed by atoms with van der Waals surface area (Å²) in [5.41, 5.74) is 0.614. The van der Waals surface area contributed by atoms with Crippen molar-refractivity contribution in [3.8, 4) is 0 Å². The lowest BCUT2D eigenvalue weighted by Crippen LogP contribution is -2.09. The molecule has 0 saturated carbocycles. The van der Waals surface area contributed by atoms with Crippen molar-refractivity contribution in [3.05, 3.63) is 11.6 Å². The van der Waals surface area contributed by atoms with Gasteiger partial charge in [0.15, 0.2) is 0 Å². The van der Waals surface area contributed by atoms with E-state index in [1.165, 1.54) is 0 Å². The predicted octanol–water partition coefficient (Wildman–Crippen LogP) is 2.21. The van der Waals surface area contributed by atoms with Crippen LogP contribution in [0.5, 0.6) is 0 Å². The second kappa shape index (κ2) is 3.56. The topological polar surface area (TPSA) is 37.3 Å². The summed E-state index contributed by atoms with van der Waals surface area (Å²) in [5, 5.41) is 8.68. The van der Waals surface area contributed by atoms with Crippen LogP contribution in [0.2, 0.25) is 0 Å². The van der Waals surface area contributed by atoms with E-state index < -0.39 is 5.97 Å². The second-order valence-electron chi connectivity index (χ2n) is 3.06. The van der Waals surface area contributed by atoms with Crippen molar-refractivity contribution in [1.82, 2.24) is 0 Å². The summed E-state index contributed by atoms with van der Waals surface area (Å²) < 4.78 is 0. The van der Waals surface area contributed by atoms with E-state index in [4.69, 9.17) is 5.11 Å². The molecule has 0 fully saturated rings. The minimum Gasteiger partial charge on any atom is -0.478 e. The molecule has 0 aromatic heterocycles. The Morgan fingerprint density at radius 3 is 3.09 bits per heavy atom. The fraction of sp³-hybridized carbons (Fsp3) is 0.667. The molecule has 1 atom stereocenters. The van der Waals surface area contributed by atoms with Gasteiger partial charge in [-0.1, -0.05) is 13.0 Å². The smallest absolute Gasteiger partial charge is 0.331 e. The van der Waals surface area contributed by atoms with Crippen molar-refractivity contribution in [1.29, 1.82) is 0 Å². The van der Waals surface area contributed by atoms with Crippen LogP contribution >= 0.6 is 0 Å². The lowest BCUT2D eigenvalue weighted by atomic mass is 9.89. The summed E-state index contributed by atoms with van der Waals surface area (Å²) in [6, 6.07) is 0. The van der Waals surface area contributed by atoms with Crippen LogP contribution in [0, 0.1) is 5.92 Å². The van der Waals surface area contributed by atoms with Crippen molar-refractivity contribution in [3.63, 3.8) is 0 Å². The first-order valence-corrected chi connectivity index (χ1v) is 4.18. The van der Waals surface area contributed by atoms with Gasteiger partial charge in [0.25, 0.3) is 0 Å². The van der Waals surface area contributed by atoms with E-state index in [2.05, 4.69) is 6.92 Å². The molecule has 62 valence electrons. The van der Waals surface area contributed by atoms with E-state index in [0.29, 0.717) is 11.5 Å². The summed E-state index contributed by atoms with van der Waals surface area (Å²) in [6.45, 7) is 2.10. The van der Waals surface area contributed by atoms with Gasteiger partial charge in [-0.25, -0.2) is 4.79 Å². The molecule has 1 aliphatic carbocycles. The van der Waals surface area contributed by atoms with Crippen LogP contribution in [0.25, 0.3) is 0 Å². The van der Waals surface area contributed by atoms with Gasteiger partial charge in [-0.2, -0.15) is 0 Å². The maximum atomic E-state index is 10.5. The molecular weight excluding hydrogens is 140 g/mol. The molecule has 1 N–H and O–H groups in total. The number of rotatable bonds is 2. The van der Waals surface area contributed by atoms with Gasteiger partial charge in [-0.15, -0.1) is 0 Å². The van der Waals surface area contributed by atoms with Crippen LogP contribution in [0.3, 0.4) is 0 Å². The molecule has 2 heteroatoms. The number of hydrogen-bond donors (Lipinski definition) is 1. The molecule has 11 heavy (non-hydrogen) atoms. The molecular formula is C9H14O2. The third-order valence-corrected chi connectivity index (χ3v) is 2.26. The monoisotopic (exact) mass is 154 g/mol. The minimum absolute atomic E-state index is 0.509. The van der Waals surface area contributed by atoms with E-state index in [-0.39, 0.29) is 0 Å². The van der Waals surface area contributed by atoms with Gasteiger partial charge in [0.05, 0.1) is 0 Å². The lowest BCUT2D eigenvalue weighted by Gasteiger charge is -2.16. The number of allylic oxidation sites excluding steroid dienone is 1. The Balaban J connectivity index is 2.64. The van der Waals surface area contributed by atoms with Gasteiger partial charge < -0.3 is 5.11 Å². The average molecular weight is 154 g/mol. The summed E-state index contributed by atoms with van der Waals surface area (Å²) in [5.74, 6) is -0.224. The number of carboxylic acid groups (broad SMARTS) is 1. The molecule has 2 nitrogen and oxygen atoms in total. The number of carboxylic acids is 1. The third-order valence-electron chi connectivity index (χ3n) is 2.26. The SMILES string of the molecule is CC[C@@H]1C=C(C(=O)O)CCC1. The van der Waals surface area contributed by atoms with Crippen molar-refractivity contribution < 1.29 is 9.90 Å². The van der Waals surface area contributed by atoms with Crippen molar-refractivity contribution >= 4 is 5.97 Å². The Hall–Kier alpha value is -0.790. The Morgan fingerprint density at radius 2 is 2.55 bits per heavy atom. The maximum Gasteiger partial charge on any atom is 0.331 e. The molecule has 0 bridgehead atoms. The van der Waals surface area contributed by atoms with Gasteiger partial charge in [0.2, 0.25) is 0 Å². The van der Waals surface area contributed by atoms with Gasteiger partial charge in [0, 0.05) is 5.57 Å². The highest BCUT2D eigenvalue weighted by molar-refractivity contribution is 5.86. The zero-order chi connectivity index (χ0) is 8.27. The molecule has 1 aliphatic rings. The molecule has 0 spiro atoms. The van der Waals surface area contributed by atoms with Gasteiger partial charge >= 0.3 is 5.97 Å². The fourth-order valence-corrected chi connectivity index (χ4v) is 1.51. The molecule has 0 aliphatic heterocycles. The van der Waals surface area contributed by atoms with E-state index in [1.807, 2.05) is 6.08 Å². The summed E-state index contributed by atoms with van der Waals surface area (Å²) in [7, 11) is 0. The Morgan fingerprint density at radius 1 is 1.82 bits per heavy atom. The van der Waals surface area contributed by atoms with E-state index >= 15 is 0 Å². The van der Waals surface area contributed by atoms with E-state index in [9.17, 15) is 4.79 Å². The molecule has 0 amide bonds. The fourth-order valence-electron chi connectivity index (χ4n) is 1.51. The van der Waals surface area contributed by atoms with Crippen LogP contribution in [0.1, 0.15) is 32.6 Å². The predicted molar refractivity (Wildman–Crippen MR) is 43.4 cm³/mol. The number of hydrogen-bond acceptors (Lipinski definition) is 1. The maximum absolute atomic E-state index is 10.5. The van der Waals surface area contributed by atoms with Gasteiger partial charge in [-0.3, -0.25) is 0 Å². The summed E-state index contributed by atoms with van der Waals surface area (Å²) in [6.07, 6.45) is 5.94. The zero-order valence-corrected chi connectivity index (χ0v) is 6.84. The number of carbonyl (C=O) groups is 1. The Bertz CT molecular complexity index is 182. The van der Waals surface area contributed by atoms with Crippen molar-refractivity contribution in [2.24, 2.45) is 5.92 Å². The first kappa shape index (κ1) is 8.31. The van der Waals surface area contributed by atoms with Crippen molar-refractivity contribution in [2.75, 3.05) is 0 Å². The van der Waals surface area contributed by atoms with E-state index in [1.54, 1.807) is 0 Å². The standard InChI is InChI=1S/C9H14O2/c1-2-7-4-3-5-8(6-7)9(10)11/h6-7H,2-5H2,1H3,(H,10,11)/t7-/m0/s1. The molecule has 0 heterocycles. The highest BCUT2D eigenvalue weighted by Crippen LogP contribution is 2.24. The summed E-state index contributed by atoms with van der Waals surface area (Å²) >= 11 is 0. The molecule has 0 aromatic rings. The van der Waals surface area contributed by atoms with E-state index in [0.717, 1.165) is 25.7 Å². The second-order valence-corrected chi connectivity index (χ2v) is 3.06. The summed E-state index contributed by atoms with van der Waals surface area (Å²) in [4.78, 5) is 10.5. The quantitative estimate of drug-likeness (QED) is 0.662. The van der Waals surface area contributed by atoms with Crippen LogP contribution in [-0.4, -0.2) is 11.1 Å². The lowest BCUT2D eigenvalue weighted by molar-refractivity contribution is -0.132. The molecule has 0 saturated heterocycles. The molecule has 1 rings (SSSR count). The molecule has 0 aromatic carbocycles. The van der Waals surface area contributed by atoms with Crippen LogP contribution in [0.4, 0.5) is 0 Å². The minimum atomic E-state index is -0.733. The number of aliphatic carboxylic acids is 1. The normalized spacial score (nSPS) is 24.5. The molecule has 0 unspecified atom stereocenters. The highest BCUT2D eigenvalue weighted by atomic mass is 16.4. The van der Waals surface area contributed by atoms with Crippen molar-refractivity contribution in [2.45, 2.75) is 32.6 Å². The van der Waals surface area contributed by atoms with Gasteiger partial charge in [0.1, 0.15) is 0 Å². The Labute approximate surface area is 66.9 Å². The first-order chi connectivity index (χ1) is 5.24. The van der Waals surface area contributed by atoms with Crippen LogP contribution in [0.15, 0.2) is 11.6 Å². The Kier molecular flexibility index (Phi) is 2.69. The van der Waals surface area contributed by atoms with Crippen LogP contribution in [-0.2, 0) is 4.79 Å². The molecule has 0 radical (unpaired) electrons. The zero-order valence-electron chi connectivity index (χ0n) is 6.84. The highest BCUT2D eigenvalue weighted by Gasteiger charge is 2.15. The van der Waals surface area contributed by atoms with Crippen LogP contribution < -0.4 is 0 Å².